The fourth-order valence-electron chi connectivity index (χ4n) is 1.87. The summed E-state index contributed by atoms with van der Waals surface area (Å²) < 4.78 is 5.04. The Morgan fingerprint density at radius 3 is 2.71 bits per heavy atom. The Labute approximate surface area is 87.8 Å². The summed E-state index contributed by atoms with van der Waals surface area (Å²) in [4.78, 5) is 2.54. The molecule has 0 saturated carbocycles. The summed E-state index contributed by atoms with van der Waals surface area (Å²) in [7, 11) is 1.76. The summed E-state index contributed by atoms with van der Waals surface area (Å²) in [5.41, 5.74) is 0. The molecule has 0 radical (unpaired) electrons. The second-order valence-electron chi connectivity index (χ2n) is 4.19. The standard InChI is InChI=1S/C11H24N2O/c1-11(5-10-14-2)12-6-9-13-7-3-4-8-13/h11-12H,3-10H2,1-2H3. The lowest BCUT2D eigenvalue weighted by molar-refractivity contribution is 0.184. The minimum absolute atomic E-state index is 0.581. The van der Waals surface area contributed by atoms with Crippen LogP contribution in [-0.2, 0) is 4.74 Å². The van der Waals surface area contributed by atoms with Crippen LogP contribution in [0.1, 0.15) is 26.2 Å². The number of hydrogen-bond donors (Lipinski definition) is 1. The molecular weight excluding hydrogens is 176 g/mol. The van der Waals surface area contributed by atoms with Crippen LogP contribution in [0.4, 0.5) is 0 Å². The van der Waals surface area contributed by atoms with Crippen LogP contribution in [0.2, 0.25) is 0 Å². The summed E-state index contributed by atoms with van der Waals surface area (Å²) >= 11 is 0. The van der Waals surface area contributed by atoms with E-state index < -0.39 is 0 Å². The Balaban J connectivity index is 1.91. The fourth-order valence-corrected chi connectivity index (χ4v) is 1.87. The van der Waals surface area contributed by atoms with Crippen molar-refractivity contribution >= 4 is 0 Å². The number of rotatable bonds is 7. The van der Waals surface area contributed by atoms with Crippen LogP contribution < -0.4 is 5.32 Å². The van der Waals surface area contributed by atoms with Gasteiger partial charge < -0.3 is 15.0 Å². The normalized spacial score (nSPS) is 20.1. The van der Waals surface area contributed by atoms with Gasteiger partial charge in [0, 0.05) is 32.8 Å². The largest absolute Gasteiger partial charge is 0.385 e. The van der Waals surface area contributed by atoms with Crippen molar-refractivity contribution in [3.05, 3.63) is 0 Å². The zero-order valence-electron chi connectivity index (χ0n) is 9.59. The SMILES string of the molecule is COCCC(C)NCCN1CCCC1. The van der Waals surface area contributed by atoms with Crippen LogP contribution in [0.5, 0.6) is 0 Å². The van der Waals surface area contributed by atoms with Crippen molar-refractivity contribution in [1.82, 2.24) is 10.2 Å². The first-order valence-electron chi connectivity index (χ1n) is 5.77. The number of ether oxygens (including phenoxy) is 1. The van der Waals surface area contributed by atoms with Crippen LogP contribution in [-0.4, -0.2) is 50.8 Å². The first-order chi connectivity index (χ1) is 6.83. The van der Waals surface area contributed by atoms with Crippen molar-refractivity contribution in [3.63, 3.8) is 0 Å². The number of methoxy groups -OCH3 is 1. The highest BCUT2D eigenvalue weighted by Gasteiger charge is 2.10. The molecule has 14 heavy (non-hydrogen) atoms. The van der Waals surface area contributed by atoms with Crippen LogP contribution in [0.3, 0.4) is 0 Å². The quantitative estimate of drug-likeness (QED) is 0.666. The van der Waals surface area contributed by atoms with Crippen LogP contribution >= 0.6 is 0 Å². The molecule has 0 bridgehead atoms. The Kier molecular flexibility index (Phi) is 6.15. The average molecular weight is 200 g/mol. The highest BCUT2D eigenvalue weighted by atomic mass is 16.5. The van der Waals surface area contributed by atoms with Crippen molar-refractivity contribution in [2.45, 2.75) is 32.2 Å². The van der Waals surface area contributed by atoms with Gasteiger partial charge in [-0.2, -0.15) is 0 Å². The van der Waals surface area contributed by atoms with Crippen LogP contribution in [0, 0.1) is 0 Å². The maximum atomic E-state index is 5.04. The number of hydrogen-bond acceptors (Lipinski definition) is 3. The minimum atomic E-state index is 0.581. The molecule has 0 amide bonds. The van der Waals surface area contributed by atoms with E-state index >= 15 is 0 Å². The summed E-state index contributed by atoms with van der Waals surface area (Å²) in [5.74, 6) is 0. The van der Waals surface area contributed by atoms with Gasteiger partial charge in [0.05, 0.1) is 0 Å². The second-order valence-corrected chi connectivity index (χ2v) is 4.19. The van der Waals surface area contributed by atoms with E-state index in [0.717, 1.165) is 19.6 Å². The maximum absolute atomic E-state index is 5.04. The number of likely N-dealkylation sites (tertiary alicyclic amines) is 1. The monoisotopic (exact) mass is 200 g/mol. The van der Waals surface area contributed by atoms with Gasteiger partial charge in [-0.15, -0.1) is 0 Å². The molecule has 84 valence electrons. The molecular formula is C11H24N2O. The van der Waals surface area contributed by atoms with Crippen molar-refractivity contribution in [2.24, 2.45) is 0 Å². The minimum Gasteiger partial charge on any atom is -0.385 e. The van der Waals surface area contributed by atoms with E-state index in [9.17, 15) is 0 Å². The topological polar surface area (TPSA) is 24.5 Å². The highest BCUT2D eigenvalue weighted by Crippen LogP contribution is 2.05. The molecule has 0 aromatic rings. The number of nitrogens with one attached hydrogen (secondary N) is 1. The molecule has 1 aliphatic heterocycles. The van der Waals surface area contributed by atoms with Gasteiger partial charge in [0.2, 0.25) is 0 Å². The molecule has 1 atom stereocenters. The maximum Gasteiger partial charge on any atom is 0.0476 e. The molecule has 0 aromatic carbocycles. The molecule has 3 heteroatoms. The Morgan fingerprint density at radius 1 is 1.36 bits per heavy atom. The van der Waals surface area contributed by atoms with E-state index in [1.807, 2.05) is 0 Å². The molecule has 0 aliphatic carbocycles. The molecule has 1 fully saturated rings. The fraction of sp³-hybridized carbons (Fsp3) is 1.00. The van der Waals surface area contributed by atoms with Gasteiger partial charge in [-0.05, 0) is 39.3 Å². The molecule has 3 nitrogen and oxygen atoms in total. The predicted octanol–water partition coefficient (Wildman–Crippen LogP) is 1.10. The molecule has 1 N–H and O–H groups in total. The third-order valence-electron chi connectivity index (χ3n) is 2.87. The third-order valence-corrected chi connectivity index (χ3v) is 2.87. The zero-order valence-corrected chi connectivity index (χ0v) is 9.59. The van der Waals surface area contributed by atoms with Crippen molar-refractivity contribution < 1.29 is 4.74 Å². The molecule has 1 aliphatic rings. The smallest absolute Gasteiger partial charge is 0.0476 e. The van der Waals surface area contributed by atoms with Crippen molar-refractivity contribution in [1.29, 1.82) is 0 Å². The summed E-state index contributed by atoms with van der Waals surface area (Å²) in [6, 6.07) is 0.581. The van der Waals surface area contributed by atoms with Gasteiger partial charge in [-0.1, -0.05) is 0 Å². The Morgan fingerprint density at radius 2 is 2.07 bits per heavy atom. The van der Waals surface area contributed by atoms with Crippen LogP contribution in [0.15, 0.2) is 0 Å². The lowest BCUT2D eigenvalue weighted by Gasteiger charge is -2.18. The van der Waals surface area contributed by atoms with Gasteiger partial charge in [0.25, 0.3) is 0 Å². The second kappa shape index (κ2) is 7.21. The average Bonchev–Trinajstić information content (AvgIpc) is 2.67. The van der Waals surface area contributed by atoms with Crippen molar-refractivity contribution in [2.75, 3.05) is 39.9 Å². The van der Waals surface area contributed by atoms with Crippen molar-refractivity contribution in [3.8, 4) is 0 Å². The molecule has 1 unspecified atom stereocenters. The van der Waals surface area contributed by atoms with Gasteiger partial charge in [0.15, 0.2) is 0 Å². The van der Waals surface area contributed by atoms with E-state index in [2.05, 4.69) is 17.1 Å². The predicted molar refractivity (Wildman–Crippen MR) is 59.6 cm³/mol. The summed E-state index contributed by atoms with van der Waals surface area (Å²) in [6.45, 7) is 8.01. The lowest BCUT2D eigenvalue weighted by atomic mass is 10.2. The van der Waals surface area contributed by atoms with Gasteiger partial charge in [0.1, 0.15) is 0 Å². The van der Waals surface area contributed by atoms with E-state index in [1.165, 1.54) is 32.5 Å². The van der Waals surface area contributed by atoms with Gasteiger partial charge in [-0.3, -0.25) is 0 Å². The highest BCUT2D eigenvalue weighted by molar-refractivity contribution is 4.68. The first-order valence-corrected chi connectivity index (χ1v) is 5.77. The van der Waals surface area contributed by atoms with E-state index in [-0.39, 0.29) is 0 Å². The van der Waals surface area contributed by atoms with Gasteiger partial charge >= 0.3 is 0 Å². The molecule has 1 heterocycles. The van der Waals surface area contributed by atoms with Gasteiger partial charge in [-0.25, -0.2) is 0 Å². The Hall–Kier alpha value is -0.120. The Bertz CT molecular complexity index is 135. The van der Waals surface area contributed by atoms with E-state index in [1.54, 1.807) is 7.11 Å². The summed E-state index contributed by atoms with van der Waals surface area (Å²) in [6.07, 6.45) is 3.88. The zero-order chi connectivity index (χ0) is 10.2. The molecule has 1 saturated heterocycles. The third kappa shape index (κ3) is 4.94. The molecule has 0 spiro atoms. The van der Waals surface area contributed by atoms with E-state index in [4.69, 9.17) is 4.74 Å². The molecule has 0 aromatic heterocycles. The van der Waals surface area contributed by atoms with E-state index in [0.29, 0.717) is 6.04 Å². The van der Waals surface area contributed by atoms with Crippen LogP contribution in [0.25, 0.3) is 0 Å². The summed E-state index contributed by atoms with van der Waals surface area (Å²) in [5, 5.41) is 3.52. The first kappa shape index (κ1) is 12.0. The lowest BCUT2D eigenvalue weighted by Crippen LogP contribution is -2.35. The number of nitrogens with zero attached hydrogens (tertiary/aromatic N) is 1. The molecule has 1 rings (SSSR count).